The van der Waals surface area contributed by atoms with Crippen LogP contribution < -0.4 is 0 Å². The van der Waals surface area contributed by atoms with E-state index < -0.39 is 6.10 Å². The van der Waals surface area contributed by atoms with E-state index >= 15 is 0 Å². The molecular formula is C58H112O6. The Balaban J connectivity index is 4.21. The van der Waals surface area contributed by atoms with E-state index in [1.54, 1.807) is 0 Å². The molecule has 0 aliphatic rings. The second-order valence-corrected chi connectivity index (χ2v) is 20.6. The van der Waals surface area contributed by atoms with Gasteiger partial charge >= 0.3 is 17.9 Å². The summed E-state index contributed by atoms with van der Waals surface area (Å²) in [5.41, 5.74) is 0. The van der Waals surface area contributed by atoms with Crippen molar-refractivity contribution < 1.29 is 28.6 Å². The lowest BCUT2D eigenvalue weighted by Gasteiger charge is -2.18. The number of unbranched alkanes of at least 4 members (excludes halogenated alkanes) is 36. The molecule has 0 spiro atoms. The van der Waals surface area contributed by atoms with Crippen molar-refractivity contribution in [2.45, 2.75) is 330 Å². The van der Waals surface area contributed by atoms with Gasteiger partial charge in [0.1, 0.15) is 13.2 Å². The van der Waals surface area contributed by atoms with Crippen LogP contribution in [0.2, 0.25) is 0 Å². The third-order valence-corrected chi connectivity index (χ3v) is 13.6. The summed E-state index contributed by atoms with van der Waals surface area (Å²) in [4.78, 5) is 38.0. The quantitative estimate of drug-likeness (QED) is 0.0344. The van der Waals surface area contributed by atoms with E-state index in [1.165, 1.54) is 212 Å². The highest BCUT2D eigenvalue weighted by Gasteiger charge is 2.19. The Morgan fingerprint density at radius 3 is 0.891 bits per heavy atom. The van der Waals surface area contributed by atoms with Gasteiger partial charge in [-0.2, -0.15) is 0 Å². The molecule has 0 amide bonds. The van der Waals surface area contributed by atoms with Gasteiger partial charge in [-0.25, -0.2) is 0 Å². The summed E-state index contributed by atoms with van der Waals surface area (Å²) >= 11 is 0. The maximum absolute atomic E-state index is 12.8. The average molecular weight is 906 g/mol. The molecule has 6 nitrogen and oxygen atoms in total. The molecule has 380 valence electrons. The predicted octanol–water partition coefficient (Wildman–Crippen LogP) is 18.9. The molecule has 1 unspecified atom stereocenters. The van der Waals surface area contributed by atoms with Crippen LogP contribution >= 0.6 is 0 Å². The molecule has 64 heavy (non-hydrogen) atoms. The Hall–Kier alpha value is -1.59. The highest BCUT2D eigenvalue weighted by Crippen LogP contribution is 2.19. The normalized spacial score (nSPS) is 12.5. The molecule has 0 aliphatic heterocycles. The highest BCUT2D eigenvalue weighted by molar-refractivity contribution is 5.71. The number of hydrogen-bond acceptors (Lipinski definition) is 6. The van der Waals surface area contributed by atoms with Gasteiger partial charge in [-0.15, -0.1) is 0 Å². The van der Waals surface area contributed by atoms with Crippen molar-refractivity contribution in [1.29, 1.82) is 0 Å². The molecular weight excluding hydrogens is 793 g/mol. The Morgan fingerprint density at radius 2 is 0.594 bits per heavy atom. The van der Waals surface area contributed by atoms with Crippen LogP contribution in [0.3, 0.4) is 0 Å². The standard InChI is InChI=1S/C58H112O6/c1-6-8-9-10-11-26-33-38-43-48-56(59)62-51-55(52-63-57(60)49-44-39-34-29-24-20-17-16-19-23-28-32-37-42-47-54(5)7-2)64-58(61)50-45-40-35-30-25-21-15-13-12-14-18-22-27-31-36-41-46-53(3)4/h53-55H,6-52H2,1-5H3/t54?,55-/m0/s1. The van der Waals surface area contributed by atoms with Gasteiger partial charge in [-0.1, -0.05) is 285 Å². The first-order valence-electron chi connectivity index (χ1n) is 28.8. The van der Waals surface area contributed by atoms with Gasteiger partial charge in [0, 0.05) is 19.3 Å². The van der Waals surface area contributed by atoms with Crippen LogP contribution in [0, 0.1) is 11.8 Å². The molecule has 0 N–H and O–H groups in total. The van der Waals surface area contributed by atoms with Gasteiger partial charge in [-0.05, 0) is 31.1 Å². The minimum atomic E-state index is -0.762. The van der Waals surface area contributed by atoms with E-state index in [-0.39, 0.29) is 31.1 Å². The Labute approximate surface area is 399 Å². The first-order chi connectivity index (χ1) is 31.3. The van der Waals surface area contributed by atoms with Crippen LogP contribution in [0.5, 0.6) is 0 Å². The van der Waals surface area contributed by atoms with E-state index in [0.29, 0.717) is 19.3 Å². The number of carbonyl (C=O) groups excluding carboxylic acids is 3. The topological polar surface area (TPSA) is 78.9 Å². The van der Waals surface area contributed by atoms with Crippen LogP contribution in [-0.2, 0) is 28.6 Å². The molecule has 0 aromatic heterocycles. The van der Waals surface area contributed by atoms with Crippen LogP contribution in [-0.4, -0.2) is 37.2 Å². The summed E-state index contributed by atoms with van der Waals surface area (Å²) in [6.07, 6.45) is 53.8. The highest BCUT2D eigenvalue weighted by atomic mass is 16.6. The second kappa shape index (κ2) is 50.8. The Kier molecular flexibility index (Phi) is 49.6. The van der Waals surface area contributed by atoms with Crippen molar-refractivity contribution in [3.8, 4) is 0 Å². The summed E-state index contributed by atoms with van der Waals surface area (Å²) in [5.74, 6) is 0.905. The Morgan fingerprint density at radius 1 is 0.328 bits per heavy atom. The first kappa shape index (κ1) is 62.4. The van der Waals surface area contributed by atoms with Crippen molar-refractivity contribution >= 4 is 17.9 Å². The van der Waals surface area contributed by atoms with E-state index in [4.69, 9.17) is 14.2 Å². The molecule has 0 fully saturated rings. The summed E-state index contributed by atoms with van der Waals surface area (Å²) in [5, 5.41) is 0. The van der Waals surface area contributed by atoms with Crippen molar-refractivity contribution in [2.24, 2.45) is 11.8 Å². The fourth-order valence-electron chi connectivity index (χ4n) is 8.84. The van der Waals surface area contributed by atoms with Crippen molar-refractivity contribution in [1.82, 2.24) is 0 Å². The molecule has 0 radical (unpaired) electrons. The maximum Gasteiger partial charge on any atom is 0.306 e. The SMILES string of the molecule is CCCCCCCCCCCC(=O)OC[C@@H](COC(=O)CCCCCCCCCCCCCCCCC(C)CC)OC(=O)CCCCCCCCCCCCCCCCCCC(C)C. The largest absolute Gasteiger partial charge is 0.462 e. The second-order valence-electron chi connectivity index (χ2n) is 20.6. The van der Waals surface area contributed by atoms with Gasteiger partial charge in [0.25, 0.3) is 0 Å². The van der Waals surface area contributed by atoms with Crippen LogP contribution in [0.1, 0.15) is 324 Å². The Bertz CT molecular complexity index is 980. The monoisotopic (exact) mass is 905 g/mol. The lowest BCUT2D eigenvalue weighted by atomic mass is 9.99. The van der Waals surface area contributed by atoms with Crippen molar-refractivity contribution in [3.63, 3.8) is 0 Å². The van der Waals surface area contributed by atoms with Gasteiger partial charge in [0.2, 0.25) is 0 Å². The van der Waals surface area contributed by atoms with Crippen LogP contribution in [0.15, 0.2) is 0 Å². The number of rotatable bonds is 52. The van der Waals surface area contributed by atoms with Gasteiger partial charge in [0.05, 0.1) is 0 Å². The number of carbonyl (C=O) groups is 3. The lowest BCUT2D eigenvalue weighted by Crippen LogP contribution is -2.30. The predicted molar refractivity (Wildman–Crippen MR) is 275 cm³/mol. The lowest BCUT2D eigenvalue weighted by molar-refractivity contribution is -0.167. The number of ether oxygens (including phenoxy) is 3. The zero-order chi connectivity index (χ0) is 46.8. The molecule has 6 heteroatoms. The van der Waals surface area contributed by atoms with E-state index in [0.717, 1.165) is 69.6 Å². The van der Waals surface area contributed by atoms with Crippen LogP contribution in [0.25, 0.3) is 0 Å². The van der Waals surface area contributed by atoms with Crippen molar-refractivity contribution in [3.05, 3.63) is 0 Å². The maximum atomic E-state index is 12.8. The molecule has 2 atom stereocenters. The minimum Gasteiger partial charge on any atom is -0.462 e. The van der Waals surface area contributed by atoms with Gasteiger partial charge < -0.3 is 14.2 Å². The summed E-state index contributed by atoms with van der Waals surface area (Å²) in [6, 6.07) is 0. The molecule has 0 aromatic rings. The van der Waals surface area contributed by atoms with Crippen LogP contribution in [0.4, 0.5) is 0 Å². The van der Waals surface area contributed by atoms with Crippen molar-refractivity contribution in [2.75, 3.05) is 13.2 Å². The first-order valence-corrected chi connectivity index (χ1v) is 28.8. The number of hydrogen-bond donors (Lipinski definition) is 0. The zero-order valence-electron chi connectivity index (χ0n) is 43.9. The molecule has 0 heterocycles. The van der Waals surface area contributed by atoms with E-state index in [9.17, 15) is 14.4 Å². The summed E-state index contributed by atoms with van der Waals surface area (Å²) in [6.45, 7) is 11.4. The zero-order valence-corrected chi connectivity index (χ0v) is 43.9. The van der Waals surface area contributed by atoms with Gasteiger partial charge in [-0.3, -0.25) is 14.4 Å². The average Bonchev–Trinajstić information content (AvgIpc) is 3.28. The summed E-state index contributed by atoms with van der Waals surface area (Å²) < 4.78 is 16.8. The third-order valence-electron chi connectivity index (χ3n) is 13.6. The van der Waals surface area contributed by atoms with E-state index in [1.807, 2.05) is 0 Å². The molecule has 0 saturated heterocycles. The molecule has 0 rings (SSSR count). The minimum absolute atomic E-state index is 0.0628. The fourth-order valence-corrected chi connectivity index (χ4v) is 8.84. The summed E-state index contributed by atoms with van der Waals surface area (Å²) in [7, 11) is 0. The molecule has 0 saturated carbocycles. The third kappa shape index (κ3) is 49.8. The molecule has 0 aliphatic carbocycles. The van der Waals surface area contributed by atoms with E-state index in [2.05, 4.69) is 34.6 Å². The molecule has 0 aromatic carbocycles. The molecule has 0 bridgehead atoms. The fraction of sp³-hybridized carbons (Fsp3) is 0.948. The smallest absolute Gasteiger partial charge is 0.306 e. The van der Waals surface area contributed by atoms with Gasteiger partial charge in [0.15, 0.2) is 6.10 Å². The number of esters is 3.